The molecule has 2 aromatic heterocycles. The smallest absolute Gasteiger partial charge is 0.122 e. The molecule has 0 spiro atoms. The Morgan fingerprint density at radius 3 is 2.34 bits per heavy atom. The summed E-state index contributed by atoms with van der Waals surface area (Å²) in [5.41, 5.74) is 2.62. The first-order chi connectivity index (χ1) is 17.1. The van der Waals surface area contributed by atoms with Gasteiger partial charge in [-0.05, 0) is 30.5 Å². The average molecular weight is 481 g/mol. The number of aryl methyl sites for hydroxylation is 1. The lowest BCUT2D eigenvalue weighted by molar-refractivity contribution is 0.0972. The van der Waals surface area contributed by atoms with Gasteiger partial charge in [0.05, 0.1) is 19.7 Å². The van der Waals surface area contributed by atoms with E-state index in [9.17, 15) is 0 Å². The van der Waals surface area contributed by atoms with Crippen LogP contribution in [-0.2, 0) is 38.0 Å². The first kappa shape index (κ1) is 27.1. The molecule has 2 heterocycles. The summed E-state index contributed by atoms with van der Waals surface area (Å²) in [6.07, 6.45) is 12.6. The molecule has 0 aliphatic carbocycles. The normalized spacial score (nSPS) is 12.6. The van der Waals surface area contributed by atoms with Gasteiger partial charge < -0.3 is 14.3 Å². The highest BCUT2D eigenvalue weighted by atomic mass is 16.5. The minimum atomic E-state index is 0.752. The van der Waals surface area contributed by atoms with Crippen LogP contribution in [-0.4, -0.2) is 56.1 Å². The number of likely N-dealkylation sites (N-methyl/N-ethyl adjacent to an activating group) is 1. The van der Waals surface area contributed by atoms with E-state index in [1.165, 1.54) is 36.8 Å². The minimum Gasteiger partial charge on any atom is -0.380 e. The van der Waals surface area contributed by atoms with E-state index in [4.69, 9.17) is 4.74 Å². The number of rotatable bonds is 17. The molecule has 0 aliphatic heterocycles. The number of hydrogen-bond acceptors (Lipinski definition) is 5. The van der Waals surface area contributed by atoms with Gasteiger partial charge in [-0.15, -0.1) is 0 Å². The molecule has 0 aliphatic rings. The van der Waals surface area contributed by atoms with Crippen LogP contribution in [0.15, 0.2) is 49.1 Å². The highest BCUT2D eigenvalue weighted by Gasteiger charge is 2.13. The number of nitrogens with one attached hydrogen (secondary N) is 1. The Bertz CT molecular complexity index is 937. The number of aromatic nitrogens is 4. The Morgan fingerprint density at radius 1 is 0.943 bits per heavy atom. The van der Waals surface area contributed by atoms with Gasteiger partial charge in [0.2, 0.25) is 0 Å². The van der Waals surface area contributed by atoms with Crippen molar-refractivity contribution in [2.75, 3.05) is 26.8 Å². The number of H-pyrrole nitrogens is 1. The van der Waals surface area contributed by atoms with Crippen LogP contribution < -0.4 is 0 Å². The lowest BCUT2D eigenvalue weighted by Crippen LogP contribution is -2.25. The molecule has 1 unspecified atom stereocenters. The summed E-state index contributed by atoms with van der Waals surface area (Å²) in [5.74, 6) is 2.83. The molecule has 35 heavy (non-hydrogen) atoms. The summed E-state index contributed by atoms with van der Waals surface area (Å²) < 4.78 is 7.99. The number of hydrogen-bond donors (Lipinski definition) is 1. The molecule has 3 rings (SSSR count). The highest BCUT2D eigenvalue weighted by molar-refractivity contribution is 5.22. The third-order valence-electron chi connectivity index (χ3n) is 6.66. The van der Waals surface area contributed by atoms with Gasteiger partial charge in [-0.25, -0.2) is 9.97 Å². The van der Waals surface area contributed by atoms with Gasteiger partial charge in [-0.1, -0.05) is 57.4 Å². The van der Waals surface area contributed by atoms with Crippen molar-refractivity contribution >= 4 is 0 Å². The number of benzene rings is 1. The first-order valence-corrected chi connectivity index (χ1v) is 13.1. The van der Waals surface area contributed by atoms with Crippen LogP contribution in [0.5, 0.6) is 0 Å². The molecular weight excluding hydrogens is 436 g/mol. The molecule has 7 heteroatoms. The van der Waals surface area contributed by atoms with Crippen LogP contribution in [0.25, 0.3) is 0 Å². The van der Waals surface area contributed by atoms with Gasteiger partial charge in [-0.3, -0.25) is 9.80 Å². The van der Waals surface area contributed by atoms with Gasteiger partial charge in [-0.2, -0.15) is 0 Å². The fourth-order valence-electron chi connectivity index (χ4n) is 4.45. The third kappa shape index (κ3) is 9.59. The van der Waals surface area contributed by atoms with Crippen molar-refractivity contribution in [3.05, 3.63) is 71.8 Å². The van der Waals surface area contributed by atoms with Crippen molar-refractivity contribution in [1.29, 1.82) is 0 Å². The Morgan fingerprint density at radius 2 is 1.71 bits per heavy atom. The van der Waals surface area contributed by atoms with Gasteiger partial charge in [0.25, 0.3) is 0 Å². The van der Waals surface area contributed by atoms with Crippen LogP contribution in [0.2, 0.25) is 0 Å². The van der Waals surface area contributed by atoms with E-state index < -0.39 is 0 Å². The van der Waals surface area contributed by atoms with E-state index in [1.807, 2.05) is 25.6 Å². The van der Waals surface area contributed by atoms with Crippen LogP contribution in [0.3, 0.4) is 0 Å². The van der Waals surface area contributed by atoms with Crippen LogP contribution in [0, 0.1) is 5.92 Å². The van der Waals surface area contributed by atoms with Crippen LogP contribution in [0.1, 0.15) is 62.3 Å². The van der Waals surface area contributed by atoms with Crippen molar-refractivity contribution in [2.24, 2.45) is 13.0 Å². The van der Waals surface area contributed by atoms with Crippen molar-refractivity contribution in [3.8, 4) is 0 Å². The molecule has 0 radical (unpaired) electrons. The number of ether oxygens (including phenoxy) is 1. The zero-order valence-corrected chi connectivity index (χ0v) is 22.1. The average Bonchev–Trinajstić information content (AvgIpc) is 3.51. The molecule has 1 atom stereocenters. The summed E-state index contributed by atoms with van der Waals surface area (Å²) >= 11 is 0. The second-order valence-corrected chi connectivity index (χ2v) is 9.65. The van der Waals surface area contributed by atoms with E-state index in [0.29, 0.717) is 0 Å². The standard InChI is InChI=1S/C28H44N6O/c1-5-7-24(6-2)12-18-35-19-17-32(3)20-25-8-10-26(11-9-25)21-34(22-27-29-13-14-30-27)23-28-31-15-16-33(28)4/h8-11,13-16,24H,5-7,12,17-23H2,1-4H3,(H,29,30). The van der Waals surface area contributed by atoms with Gasteiger partial charge in [0.1, 0.15) is 11.6 Å². The molecular formula is C28H44N6O. The third-order valence-corrected chi connectivity index (χ3v) is 6.66. The minimum absolute atomic E-state index is 0.752. The Balaban J connectivity index is 1.44. The second kappa shape index (κ2) is 14.8. The molecule has 0 saturated heterocycles. The maximum Gasteiger partial charge on any atom is 0.122 e. The zero-order chi connectivity index (χ0) is 24.9. The van der Waals surface area contributed by atoms with Crippen molar-refractivity contribution in [3.63, 3.8) is 0 Å². The highest BCUT2D eigenvalue weighted by Crippen LogP contribution is 2.15. The number of nitrogens with zero attached hydrogens (tertiary/aromatic N) is 5. The Kier molecular flexibility index (Phi) is 11.5. The largest absolute Gasteiger partial charge is 0.380 e. The van der Waals surface area contributed by atoms with Crippen molar-refractivity contribution in [2.45, 2.75) is 65.7 Å². The molecule has 192 valence electrons. The van der Waals surface area contributed by atoms with E-state index in [0.717, 1.165) is 63.5 Å². The van der Waals surface area contributed by atoms with E-state index >= 15 is 0 Å². The summed E-state index contributed by atoms with van der Waals surface area (Å²) in [6.45, 7) is 10.5. The fraction of sp³-hybridized carbons (Fsp3) is 0.571. The fourth-order valence-corrected chi connectivity index (χ4v) is 4.45. The SMILES string of the molecule is CCCC(CC)CCOCCN(C)Cc1ccc(CN(Cc2ncc[nH]2)Cc2nccn2C)cc1. The monoisotopic (exact) mass is 480 g/mol. The van der Waals surface area contributed by atoms with Crippen molar-refractivity contribution in [1.82, 2.24) is 29.3 Å². The predicted molar refractivity (Wildman–Crippen MR) is 142 cm³/mol. The van der Waals surface area contributed by atoms with E-state index in [1.54, 1.807) is 6.20 Å². The summed E-state index contributed by atoms with van der Waals surface area (Å²) in [4.78, 5) is 16.8. The lowest BCUT2D eigenvalue weighted by Gasteiger charge is -2.22. The molecule has 0 fully saturated rings. The van der Waals surface area contributed by atoms with E-state index in [2.05, 4.69) is 74.5 Å². The Labute approximate surface area is 211 Å². The molecule has 0 bridgehead atoms. The molecule has 1 aromatic carbocycles. The summed E-state index contributed by atoms with van der Waals surface area (Å²) in [5, 5.41) is 0. The van der Waals surface area contributed by atoms with Gasteiger partial charge in [0, 0.05) is 58.1 Å². The van der Waals surface area contributed by atoms with Gasteiger partial charge >= 0.3 is 0 Å². The summed E-state index contributed by atoms with van der Waals surface area (Å²) in [6, 6.07) is 8.97. The molecule has 3 aromatic rings. The zero-order valence-electron chi connectivity index (χ0n) is 22.1. The maximum atomic E-state index is 5.92. The predicted octanol–water partition coefficient (Wildman–Crippen LogP) is 5.01. The van der Waals surface area contributed by atoms with Crippen LogP contribution in [0.4, 0.5) is 0 Å². The maximum absolute atomic E-state index is 5.92. The second-order valence-electron chi connectivity index (χ2n) is 9.65. The quantitative estimate of drug-likeness (QED) is 0.275. The van der Waals surface area contributed by atoms with Crippen LogP contribution >= 0.6 is 0 Å². The Hall–Kier alpha value is -2.48. The first-order valence-electron chi connectivity index (χ1n) is 13.1. The van der Waals surface area contributed by atoms with E-state index in [-0.39, 0.29) is 0 Å². The topological polar surface area (TPSA) is 62.2 Å². The molecule has 0 saturated carbocycles. The summed E-state index contributed by atoms with van der Waals surface area (Å²) in [7, 11) is 4.21. The van der Waals surface area contributed by atoms with Gasteiger partial charge in [0.15, 0.2) is 0 Å². The molecule has 7 nitrogen and oxygen atoms in total. The molecule has 1 N–H and O–H groups in total. The lowest BCUT2D eigenvalue weighted by atomic mass is 9.98. The number of aromatic amines is 1. The van der Waals surface area contributed by atoms with Crippen molar-refractivity contribution < 1.29 is 4.74 Å². The molecule has 0 amide bonds. The number of imidazole rings is 2.